The maximum Gasteiger partial charge on any atom is 0.101 e. The summed E-state index contributed by atoms with van der Waals surface area (Å²) in [6.45, 7) is 0.849. The van der Waals surface area contributed by atoms with Crippen molar-refractivity contribution in [3.63, 3.8) is 0 Å². The fraction of sp³-hybridized carbons (Fsp3) is 0.235. The van der Waals surface area contributed by atoms with Crippen LogP contribution in [0.4, 0.5) is 5.69 Å². The lowest BCUT2D eigenvalue weighted by Crippen LogP contribution is -2.03. The lowest BCUT2D eigenvalue weighted by Gasteiger charge is -2.08. The van der Waals surface area contributed by atoms with Gasteiger partial charge in [0.25, 0.3) is 0 Å². The first kappa shape index (κ1) is 14.4. The van der Waals surface area contributed by atoms with Gasteiger partial charge in [0.2, 0.25) is 0 Å². The van der Waals surface area contributed by atoms with E-state index in [1.54, 1.807) is 18.2 Å². The highest BCUT2D eigenvalue weighted by Gasteiger charge is 2.02. The van der Waals surface area contributed by atoms with Crippen molar-refractivity contribution in [1.82, 2.24) is 0 Å². The van der Waals surface area contributed by atoms with Gasteiger partial charge >= 0.3 is 0 Å². The van der Waals surface area contributed by atoms with E-state index < -0.39 is 0 Å². The van der Waals surface area contributed by atoms with Crippen LogP contribution >= 0.6 is 11.6 Å². The van der Waals surface area contributed by atoms with Gasteiger partial charge in [0.1, 0.15) is 6.07 Å². The molecule has 0 radical (unpaired) electrons. The molecule has 2 nitrogen and oxygen atoms in total. The molecule has 0 aromatic heterocycles. The Kier molecular flexibility index (Phi) is 5.46. The minimum absolute atomic E-state index is 0.637. The third kappa shape index (κ3) is 4.29. The fourth-order valence-electron chi connectivity index (χ4n) is 2.08. The highest BCUT2D eigenvalue weighted by molar-refractivity contribution is 6.30. The van der Waals surface area contributed by atoms with Gasteiger partial charge in [0, 0.05) is 11.6 Å². The number of halogens is 1. The van der Waals surface area contributed by atoms with Crippen molar-refractivity contribution in [2.75, 3.05) is 11.9 Å². The van der Waals surface area contributed by atoms with Gasteiger partial charge in [-0.2, -0.15) is 5.26 Å². The summed E-state index contributed by atoms with van der Waals surface area (Å²) in [5, 5.41) is 13.0. The molecule has 2 aromatic carbocycles. The topological polar surface area (TPSA) is 35.8 Å². The second kappa shape index (κ2) is 7.57. The highest BCUT2D eigenvalue weighted by atomic mass is 35.5. The Labute approximate surface area is 125 Å². The third-order valence-electron chi connectivity index (χ3n) is 3.15. The third-order valence-corrected chi connectivity index (χ3v) is 3.39. The number of rotatable bonds is 6. The molecule has 0 unspecified atom stereocenters. The van der Waals surface area contributed by atoms with E-state index in [2.05, 4.69) is 35.7 Å². The molecule has 2 rings (SSSR count). The summed E-state index contributed by atoms with van der Waals surface area (Å²) in [5.41, 5.74) is 2.82. The first-order valence-electron chi connectivity index (χ1n) is 6.77. The maximum absolute atomic E-state index is 9.03. The van der Waals surface area contributed by atoms with E-state index in [-0.39, 0.29) is 0 Å². The van der Waals surface area contributed by atoms with Crippen molar-refractivity contribution >= 4 is 17.3 Å². The monoisotopic (exact) mass is 284 g/mol. The first-order chi connectivity index (χ1) is 9.79. The molecule has 0 aliphatic rings. The number of hydrogen-bond donors (Lipinski definition) is 1. The van der Waals surface area contributed by atoms with E-state index in [0.717, 1.165) is 31.5 Å². The van der Waals surface area contributed by atoms with Crippen LogP contribution in [0.5, 0.6) is 0 Å². The predicted octanol–water partition coefficient (Wildman–Crippen LogP) is 4.65. The molecule has 102 valence electrons. The minimum Gasteiger partial charge on any atom is -0.384 e. The molecular formula is C17H17ClN2. The molecule has 0 saturated heterocycles. The van der Waals surface area contributed by atoms with E-state index >= 15 is 0 Å². The molecule has 20 heavy (non-hydrogen) atoms. The van der Waals surface area contributed by atoms with Crippen molar-refractivity contribution < 1.29 is 0 Å². The largest absolute Gasteiger partial charge is 0.384 e. The van der Waals surface area contributed by atoms with E-state index in [1.807, 2.05) is 6.07 Å². The van der Waals surface area contributed by atoms with Gasteiger partial charge in [-0.15, -0.1) is 0 Å². The van der Waals surface area contributed by atoms with Crippen molar-refractivity contribution in [2.24, 2.45) is 0 Å². The Morgan fingerprint density at radius 2 is 1.85 bits per heavy atom. The van der Waals surface area contributed by atoms with Crippen LogP contribution in [0.3, 0.4) is 0 Å². The summed E-state index contributed by atoms with van der Waals surface area (Å²) in [4.78, 5) is 0. The molecule has 0 heterocycles. The van der Waals surface area contributed by atoms with Crippen LogP contribution in [0.25, 0.3) is 0 Å². The Morgan fingerprint density at radius 1 is 1.05 bits per heavy atom. The summed E-state index contributed by atoms with van der Waals surface area (Å²) < 4.78 is 0. The average molecular weight is 285 g/mol. The number of nitriles is 1. The lowest BCUT2D eigenvalue weighted by molar-refractivity contribution is 0.763. The van der Waals surface area contributed by atoms with Gasteiger partial charge in [0.05, 0.1) is 11.3 Å². The van der Waals surface area contributed by atoms with Crippen LogP contribution in [0.15, 0.2) is 48.5 Å². The second-order valence-corrected chi connectivity index (χ2v) is 5.11. The lowest BCUT2D eigenvalue weighted by atomic mass is 10.1. The normalized spacial score (nSPS) is 10.0. The molecule has 2 aromatic rings. The van der Waals surface area contributed by atoms with Crippen LogP contribution in [0.1, 0.15) is 24.0 Å². The van der Waals surface area contributed by atoms with Crippen molar-refractivity contribution in [1.29, 1.82) is 5.26 Å². The average Bonchev–Trinajstić information content (AvgIpc) is 2.48. The fourth-order valence-corrected chi connectivity index (χ4v) is 2.25. The minimum atomic E-state index is 0.637. The number of benzene rings is 2. The molecule has 0 amide bonds. The maximum atomic E-state index is 9.03. The van der Waals surface area contributed by atoms with Gasteiger partial charge in [-0.1, -0.05) is 41.9 Å². The van der Waals surface area contributed by atoms with Crippen LogP contribution in [-0.2, 0) is 6.42 Å². The predicted molar refractivity (Wildman–Crippen MR) is 84.0 cm³/mol. The molecule has 0 aliphatic carbocycles. The second-order valence-electron chi connectivity index (χ2n) is 4.67. The summed E-state index contributed by atoms with van der Waals surface area (Å²) in [6.07, 6.45) is 3.27. The van der Waals surface area contributed by atoms with E-state index in [9.17, 15) is 0 Å². The molecule has 0 bridgehead atoms. The van der Waals surface area contributed by atoms with E-state index in [4.69, 9.17) is 16.9 Å². The van der Waals surface area contributed by atoms with E-state index in [1.165, 1.54) is 5.56 Å². The number of nitrogens with one attached hydrogen (secondary N) is 1. The van der Waals surface area contributed by atoms with Crippen molar-refractivity contribution in [3.8, 4) is 6.07 Å². The highest BCUT2D eigenvalue weighted by Crippen LogP contribution is 2.20. The molecule has 3 heteroatoms. The Morgan fingerprint density at radius 3 is 2.60 bits per heavy atom. The Balaban J connectivity index is 1.76. The molecule has 1 N–H and O–H groups in total. The van der Waals surface area contributed by atoms with Crippen LogP contribution < -0.4 is 5.32 Å². The van der Waals surface area contributed by atoms with Crippen LogP contribution in [0, 0.1) is 11.3 Å². The number of hydrogen-bond acceptors (Lipinski definition) is 2. The number of unbranched alkanes of at least 4 members (excludes halogenated alkanes) is 1. The SMILES string of the molecule is N#Cc1ccc(Cl)cc1NCCCCc1ccccc1. The van der Waals surface area contributed by atoms with Crippen LogP contribution in [0.2, 0.25) is 5.02 Å². The standard InChI is InChI=1S/C17H17ClN2/c18-16-10-9-15(13-19)17(12-16)20-11-5-4-8-14-6-2-1-3-7-14/h1-3,6-7,9-10,12,20H,4-5,8,11H2. The summed E-state index contributed by atoms with van der Waals surface area (Å²) in [7, 11) is 0. The number of anilines is 1. The zero-order valence-corrected chi connectivity index (χ0v) is 12.0. The summed E-state index contributed by atoms with van der Waals surface area (Å²) >= 11 is 5.94. The zero-order valence-electron chi connectivity index (χ0n) is 11.3. The van der Waals surface area contributed by atoms with Gasteiger partial charge < -0.3 is 5.32 Å². The van der Waals surface area contributed by atoms with Crippen molar-refractivity contribution in [3.05, 3.63) is 64.7 Å². The van der Waals surface area contributed by atoms with E-state index in [0.29, 0.717) is 10.6 Å². The van der Waals surface area contributed by atoms with Gasteiger partial charge in [0.15, 0.2) is 0 Å². The van der Waals surface area contributed by atoms with Gasteiger partial charge in [-0.05, 0) is 43.0 Å². The number of aryl methyl sites for hydroxylation is 1. The molecular weight excluding hydrogens is 268 g/mol. The van der Waals surface area contributed by atoms with Crippen LogP contribution in [-0.4, -0.2) is 6.54 Å². The smallest absolute Gasteiger partial charge is 0.101 e. The number of nitrogens with zero attached hydrogens (tertiary/aromatic N) is 1. The summed E-state index contributed by atoms with van der Waals surface area (Å²) in [6, 6.07) is 17.9. The molecule has 0 atom stereocenters. The zero-order chi connectivity index (χ0) is 14.2. The summed E-state index contributed by atoms with van der Waals surface area (Å²) in [5.74, 6) is 0. The van der Waals surface area contributed by atoms with Gasteiger partial charge in [-0.25, -0.2) is 0 Å². The quantitative estimate of drug-likeness (QED) is 0.784. The Bertz CT molecular complexity index is 588. The molecule has 0 saturated carbocycles. The first-order valence-corrected chi connectivity index (χ1v) is 7.15. The van der Waals surface area contributed by atoms with Gasteiger partial charge in [-0.3, -0.25) is 0 Å². The molecule has 0 aliphatic heterocycles. The molecule has 0 fully saturated rings. The Hall–Kier alpha value is -1.98. The molecule has 0 spiro atoms. The van der Waals surface area contributed by atoms with Crippen molar-refractivity contribution in [2.45, 2.75) is 19.3 Å².